The van der Waals surface area contributed by atoms with Crippen molar-refractivity contribution in [2.75, 3.05) is 13.7 Å². The molecule has 0 N–H and O–H groups in total. The van der Waals surface area contributed by atoms with Gasteiger partial charge in [0.15, 0.2) is 0 Å². The highest BCUT2D eigenvalue weighted by Gasteiger charge is 2.32. The molecule has 0 atom stereocenters. The number of rotatable bonds is 6. The third kappa shape index (κ3) is 4.10. The number of hydrogen-bond donors (Lipinski definition) is 0. The van der Waals surface area contributed by atoms with E-state index in [1.54, 1.807) is 11.3 Å². The molecular formula is C14H23NO2S. The number of carbonyl (C=O) groups is 1. The number of methoxy groups -OCH3 is 1. The summed E-state index contributed by atoms with van der Waals surface area (Å²) in [7, 11) is 1.45. The van der Waals surface area contributed by atoms with Gasteiger partial charge in [-0.2, -0.15) is 0 Å². The number of nitrogens with zero attached hydrogens (tertiary/aromatic N) is 1. The Bertz CT molecular complexity index is 371. The molecule has 3 nitrogen and oxygen atoms in total. The van der Waals surface area contributed by atoms with Gasteiger partial charge in [0.05, 0.1) is 12.5 Å². The molecule has 0 aliphatic rings. The van der Waals surface area contributed by atoms with Gasteiger partial charge in [-0.1, -0.05) is 6.07 Å². The molecule has 0 aromatic carbocycles. The van der Waals surface area contributed by atoms with Crippen LogP contribution in [0.5, 0.6) is 0 Å². The van der Waals surface area contributed by atoms with Crippen LogP contribution in [0.25, 0.3) is 0 Å². The van der Waals surface area contributed by atoms with Crippen LogP contribution >= 0.6 is 11.3 Å². The minimum absolute atomic E-state index is 0.153. The van der Waals surface area contributed by atoms with E-state index in [4.69, 9.17) is 4.74 Å². The van der Waals surface area contributed by atoms with Gasteiger partial charge in [0.2, 0.25) is 0 Å². The molecule has 0 saturated heterocycles. The lowest BCUT2D eigenvalue weighted by atomic mass is 9.92. The Balaban J connectivity index is 2.71. The quantitative estimate of drug-likeness (QED) is 0.743. The summed E-state index contributed by atoms with van der Waals surface area (Å²) < 4.78 is 4.87. The summed E-state index contributed by atoms with van der Waals surface area (Å²) in [6.07, 6.45) is 0. The van der Waals surface area contributed by atoms with Gasteiger partial charge < -0.3 is 4.74 Å². The predicted octanol–water partition coefficient (Wildman–Crippen LogP) is 3.16. The molecule has 0 saturated carbocycles. The van der Waals surface area contributed by atoms with Gasteiger partial charge in [0.25, 0.3) is 0 Å². The molecule has 0 aliphatic carbocycles. The largest absolute Gasteiger partial charge is 0.469 e. The molecule has 1 heterocycles. The standard InChI is InChI=1S/C14H23NO2S/c1-11(2)15(9-12-7-6-8-18-12)10-14(3,4)13(16)17-5/h6-8,11H,9-10H2,1-5H3. The second-order valence-corrected chi connectivity index (χ2v) is 6.49. The minimum Gasteiger partial charge on any atom is -0.469 e. The monoisotopic (exact) mass is 269 g/mol. The summed E-state index contributed by atoms with van der Waals surface area (Å²) in [6.45, 7) is 9.76. The van der Waals surface area contributed by atoms with E-state index in [1.807, 2.05) is 13.8 Å². The van der Waals surface area contributed by atoms with Crippen LogP contribution < -0.4 is 0 Å². The van der Waals surface area contributed by atoms with Gasteiger partial charge in [-0.3, -0.25) is 9.69 Å². The van der Waals surface area contributed by atoms with Crippen LogP contribution in [0.4, 0.5) is 0 Å². The number of ether oxygens (including phenoxy) is 1. The van der Waals surface area contributed by atoms with Crippen LogP contribution in [0.2, 0.25) is 0 Å². The molecule has 0 spiro atoms. The van der Waals surface area contributed by atoms with Gasteiger partial charge in [0.1, 0.15) is 0 Å². The number of esters is 1. The second kappa shape index (κ2) is 6.34. The predicted molar refractivity (Wildman–Crippen MR) is 75.7 cm³/mol. The molecule has 4 heteroatoms. The van der Waals surface area contributed by atoms with Crippen molar-refractivity contribution in [1.29, 1.82) is 0 Å². The van der Waals surface area contributed by atoms with Crippen molar-refractivity contribution in [3.8, 4) is 0 Å². The molecule has 0 amide bonds. The van der Waals surface area contributed by atoms with Gasteiger partial charge in [-0.05, 0) is 39.1 Å². The lowest BCUT2D eigenvalue weighted by Crippen LogP contribution is -2.42. The van der Waals surface area contributed by atoms with E-state index in [-0.39, 0.29) is 5.97 Å². The molecule has 1 aromatic rings. The van der Waals surface area contributed by atoms with Crippen molar-refractivity contribution in [2.45, 2.75) is 40.3 Å². The van der Waals surface area contributed by atoms with Crippen LogP contribution in [-0.2, 0) is 16.1 Å². The highest BCUT2D eigenvalue weighted by molar-refractivity contribution is 7.09. The van der Waals surface area contributed by atoms with Crippen molar-refractivity contribution in [1.82, 2.24) is 4.90 Å². The highest BCUT2D eigenvalue weighted by Crippen LogP contribution is 2.23. The van der Waals surface area contributed by atoms with E-state index < -0.39 is 5.41 Å². The second-order valence-electron chi connectivity index (χ2n) is 5.45. The summed E-state index contributed by atoms with van der Waals surface area (Å²) in [4.78, 5) is 15.4. The fourth-order valence-corrected chi connectivity index (χ4v) is 2.60. The van der Waals surface area contributed by atoms with Gasteiger partial charge in [0, 0.05) is 24.0 Å². The van der Waals surface area contributed by atoms with Crippen molar-refractivity contribution in [3.05, 3.63) is 22.4 Å². The Kier molecular flexibility index (Phi) is 5.35. The minimum atomic E-state index is -0.476. The van der Waals surface area contributed by atoms with E-state index in [1.165, 1.54) is 12.0 Å². The third-order valence-corrected chi connectivity index (χ3v) is 3.87. The zero-order valence-corrected chi connectivity index (χ0v) is 12.7. The Labute approximate surface area is 114 Å². The summed E-state index contributed by atoms with van der Waals surface area (Å²) >= 11 is 1.75. The first kappa shape index (κ1) is 15.2. The lowest BCUT2D eigenvalue weighted by molar-refractivity contribution is -0.152. The summed E-state index contributed by atoms with van der Waals surface area (Å²) in [5.74, 6) is -0.153. The van der Waals surface area contributed by atoms with E-state index in [0.717, 1.165) is 6.54 Å². The van der Waals surface area contributed by atoms with Crippen LogP contribution in [0, 0.1) is 5.41 Å². The molecule has 0 fully saturated rings. The highest BCUT2D eigenvalue weighted by atomic mass is 32.1. The topological polar surface area (TPSA) is 29.5 Å². The molecule has 1 rings (SSSR count). The average molecular weight is 269 g/mol. The van der Waals surface area contributed by atoms with Crippen molar-refractivity contribution in [2.24, 2.45) is 5.41 Å². The zero-order chi connectivity index (χ0) is 13.8. The molecule has 0 unspecified atom stereocenters. The first-order valence-corrected chi connectivity index (χ1v) is 7.09. The normalized spacial score (nSPS) is 12.2. The summed E-state index contributed by atoms with van der Waals surface area (Å²) in [5, 5.41) is 2.08. The Morgan fingerprint density at radius 2 is 2.17 bits per heavy atom. The fraction of sp³-hybridized carbons (Fsp3) is 0.643. The first-order chi connectivity index (χ1) is 8.36. The molecule has 102 valence electrons. The molecule has 0 aliphatic heterocycles. The van der Waals surface area contributed by atoms with E-state index in [0.29, 0.717) is 12.6 Å². The van der Waals surface area contributed by atoms with Crippen LogP contribution in [-0.4, -0.2) is 30.6 Å². The van der Waals surface area contributed by atoms with Crippen LogP contribution in [0.3, 0.4) is 0 Å². The van der Waals surface area contributed by atoms with Gasteiger partial charge in [-0.25, -0.2) is 0 Å². The van der Waals surface area contributed by atoms with Crippen LogP contribution in [0.1, 0.15) is 32.6 Å². The maximum Gasteiger partial charge on any atom is 0.312 e. The molecule has 0 bridgehead atoms. The van der Waals surface area contributed by atoms with Crippen molar-refractivity contribution in [3.63, 3.8) is 0 Å². The fourth-order valence-electron chi connectivity index (χ4n) is 1.87. The molecule has 0 radical (unpaired) electrons. The smallest absolute Gasteiger partial charge is 0.312 e. The first-order valence-electron chi connectivity index (χ1n) is 6.21. The average Bonchev–Trinajstić information content (AvgIpc) is 2.79. The lowest BCUT2D eigenvalue weighted by Gasteiger charge is -2.33. The zero-order valence-electron chi connectivity index (χ0n) is 11.9. The molecular weight excluding hydrogens is 246 g/mol. The van der Waals surface area contributed by atoms with Crippen LogP contribution in [0.15, 0.2) is 17.5 Å². The number of thiophene rings is 1. The Morgan fingerprint density at radius 1 is 1.50 bits per heavy atom. The van der Waals surface area contributed by atoms with Crippen molar-refractivity contribution < 1.29 is 9.53 Å². The Hall–Kier alpha value is -0.870. The van der Waals surface area contributed by atoms with E-state index >= 15 is 0 Å². The third-order valence-electron chi connectivity index (χ3n) is 3.01. The maximum absolute atomic E-state index is 11.7. The SMILES string of the molecule is COC(=O)C(C)(C)CN(Cc1cccs1)C(C)C. The summed E-state index contributed by atoms with van der Waals surface area (Å²) in [5.41, 5.74) is -0.476. The van der Waals surface area contributed by atoms with E-state index in [2.05, 4.69) is 36.3 Å². The van der Waals surface area contributed by atoms with Crippen molar-refractivity contribution >= 4 is 17.3 Å². The molecule has 1 aromatic heterocycles. The Morgan fingerprint density at radius 3 is 2.61 bits per heavy atom. The van der Waals surface area contributed by atoms with E-state index in [9.17, 15) is 4.79 Å². The molecule has 18 heavy (non-hydrogen) atoms. The van der Waals surface area contributed by atoms with Gasteiger partial charge >= 0.3 is 5.97 Å². The van der Waals surface area contributed by atoms with Gasteiger partial charge in [-0.15, -0.1) is 11.3 Å². The number of hydrogen-bond acceptors (Lipinski definition) is 4. The summed E-state index contributed by atoms with van der Waals surface area (Å²) in [6, 6.07) is 4.59. The maximum atomic E-state index is 11.7. The number of carbonyl (C=O) groups excluding carboxylic acids is 1.